The largest absolute Gasteiger partial charge is 0.383 e. The van der Waals surface area contributed by atoms with Gasteiger partial charge in [0.15, 0.2) is 0 Å². The molecule has 0 aromatic carbocycles. The molecule has 2 rings (SSSR count). The zero-order valence-electron chi connectivity index (χ0n) is 11.6. The molecule has 1 aromatic rings. The molecule has 1 aromatic heterocycles. The highest BCUT2D eigenvalue weighted by atomic mass is 32.2. The molecule has 112 valence electrons. The van der Waals surface area contributed by atoms with Crippen LogP contribution < -0.4 is 5.14 Å². The van der Waals surface area contributed by atoms with E-state index >= 15 is 0 Å². The normalized spacial score (nSPS) is 15.3. The Bertz CT molecular complexity index is 604. The number of hydrogen-bond acceptors (Lipinski definition) is 4. The van der Waals surface area contributed by atoms with E-state index in [4.69, 9.17) is 9.88 Å². The maximum Gasteiger partial charge on any atom is 0.270 e. The number of carbonyl (C=O) groups is 1. The highest BCUT2D eigenvalue weighted by Gasteiger charge is 2.32. The van der Waals surface area contributed by atoms with Crippen LogP contribution in [0.1, 0.15) is 23.3 Å². The summed E-state index contributed by atoms with van der Waals surface area (Å²) in [6.45, 7) is 0.776. The molecule has 2 N–H and O–H groups in total. The number of carbonyl (C=O) groups excluding carboxylic acids is 1. The van der Waals surface area contributed by atoms with Crippen LogP contribution in [-0.2, 0) is 21.3 Å². The second-order valence-corrected chi connectivity index (χ2v) is 6.50. The van der Waals surface area contributed by atoms with Crippen LogP contribution in [0.3, 0.4) is 0 Å². The van der Waals surface area contributed by atoms with E-state index in [-0.39, 0.29) is 16.8 Å². The average Bonchev–Trinajstić information content (AvgIpc) is 3.13. The quantitative estimate of drug-likeness (QED) is 0.801. The van der Waals surface area contributed by atoms with Crippen LogP contribution >= 0.6 is 0 Å². The monoisotopic (exact) mass is 301 g/mol. The number of nitrogens with two attached hydrogens (primary N) is 1. The van der Waals surface area contributed by atoms with Gasteiger partial charge in [-0.25, -0.2) is 13.6 Å². The number of amides is 1. The number of methoxy groups -OCH3 is 1. The van der Waals surface area contributed by atoms with Crippen LogP contribution in [0.25, 0.3) is 0 Å². The number of hydrogen-bond donors (Lipinski definition) is 1. The van der Waals surface area contributed by atoms with Gasteiger partial charge in [-0.05, 0) is 18.9 Å². The summed E-state index contributed by atoms with van der Waals surface area (Å²) in [4.78, 5) is 14.0. The molecule has 0 bridgehead atoms. The number of nitrogens with zero attached hydrogens (tertiary/aromatic N) is 2. The van der Waals surface area contributed by atoms with E-state index in [9.17, 15) is 13.2 Å². The zero-order valence-corrected chi connectivity index (χ0v) is 12.4. The minimum atomic E-state index is -3.83. The summed E-state index contributed by atoms with van der Waals surface area (Å²) in [5, 5.41) is 5.12. The highest BCUT2D eigenvalue weighted by Crippen LogP contribution is 2.27. The van der Waals surface area contributed by atoms with Crippen LogP contribution in [0.5, 0.6) is 0 Å². The molecular formula is C12H19N3O4S. The van der Waals surface area contributed by atoms with E-state index in [0.717, 1.165) is 12.8 Å². The molecule has 0 aliphatic heterocycles. The molecule has 8 heteroatoms. The Labute approximate surface area is 118 Å². The van der Waals surface area contributed by atoms with Gasteiger partial charge in [0.05, 0.1) is 6.61 Å². The zero-order chi connectivity index (χ0) is 14.9. The standard InChI is InChI=1S/C12H19N3O4S/c1-14(9-3-4-9)12(16)11-7-10(20(13,17)18)8-15(11)5-6-19-2/h7-9H,3-6H2,1-2H3,(H2,13,17,18). The third-order valence-corrected chi connectivity index (χ3v) is 4.25. The molecule has 1 aliphatic carbocycles. The van der Waals surface area contributed by atoms with Gasteiger partial charge in [0, 0.05) is 32.9 Å². The Morgan fingerprint density at radius 2 is 2.20 bits per heavy atom. The fraction of sp³-hybridized carbons (Fsp3) is 0.583. The molecule has 0 radical (unpaired) electrons. The molecule has 0 unspecified atom stereocenters. The molecule has 1 amide bonds. The van der Waals surface area contributed by atoms with Gasteiger partial charge in [-0.2, -0.15) is 0 Å². The SMILES string of the molecule is COCCn1cc(S(N)(=O)=O)cc1C(=O)N(C)C1CC1. The predicted molar refractivity (Wildman–Crippen MR) is 72.8 cm³/mol. The molecule has 7 nitrogen and oxygen atoms in total. The van der Waals surface area contributed by atoms with Crippen molar-refractivity contribution in [2.75, 3.05) is 20.8 Å². The summed E-state index contributed by atoms with van der Waals surface area (Å²) in [5.41, 5.74) is 0.320. The maximum absolute atomic E-state index is 12.4. The van der Waals surface area contributed by atoms with E-state index in [1.807, 2.05) is 0 Å². The van der Waals surface area contributed by atoms with Gasteiger partial charge < -0.3 is 14.2 Å². The van der Waals surface area contributed by atoms with Crippen LogP contribution in [0.15, 0.2) is 17.2 Å². The Hall–Kier alpha value is -1.38. The third kappa shape index (κ3) is 3.20. The van der Waals surface area contributed by atoms with Crippen molar-refractivity contribution in [1.82, 2.24) is 9.47 Å². The van der Waals surface area contributed by atoms with Crippen molar-refractivity contribution < 1.29 is 17.9 Å². The van der Waals surface area contributed by atoms with Crippen molar-refractivity contribution in [2.45, 2.75) is 30.3 Å². The number of primary sulfonamides is 1. The van der Waals surface area contributed by atoms with Crippen molar-refractivity contribution in [2.24, 2.45) is 5.14 Å². The summed E-state index contributed by atoms with van der Waals surface area (Å²) in [6, 6.07) is 1.58. The van der Waals surface area contributed by atoms with E-state index in [0.29, 0.717) is 18.8 Å². The first kappa shape index (κ1) is 15.0. The second-order valence-electron chi connectivity index (χ2n) is 4.94. The van der Waals surface area contributed by atoms with Gasteiger partial charge in [-0.15, -0.1) is 0 Å². The summed E-state index contributed by atoms with van der Waals surface area (Å²) < 4.78 is 29.4. The molecule has 1 heterocycles. The van der Waals surface area contributed by atoms with Crippen LogP contribution in [0, 0.1) is 0 Å². The van der Waals surface area contributed by atoms with E-state index in [1.54, 1.807) is 23.6 Å². The Morgan fingerprint density at radius 3 is 2.70 bits per heavy atom. The molecule has 1 saturated carbocycles. The molecule has 1 aliphatic rings. The molecular weight excluding hydrogens is 282 g/mol. The highest BCUT2D eigenvalue weighted by molar-refractivity contribution is 7.89. The lowest BCUT2D eigenvalue weighted by Gasteiger charge is -2.17. The Morgan fingerprint density at radius 1 is 1.55 bits per heavy atom. The molecule has 0 atom stereocenters. The maximum atomic E-state index is 12.4. The van der Waals surface area contributed by atoms with Gasteiger partial charge in [0.2, 0.25) is 10.0 Å². The molecule has 1 fully saturated rings. The number of ether oxygens (including phenoxy) is 1. The first-order valence-electron chi connectivity index (χ1n) is 6.33. The van der Waals surface area contributed by atoms with Crippen molar-refractivity contribution in [3.8, 4) is 0 Å². The average molecular weight is 301 g/mol. The fourth-order valence-corrected chi connectivity index (χ4v) is 2.55. The lowest BCUT2D eigenvalue weighted by Crippen LogP contribution is -2.30. The Balaban J connectivity index is 2.33. The van der Waals surface area contributed by atoms with Crippen molar-refractivity contribution >= 4 is 15.9 Å². The van der Waals surface area contributed by atoms with Crippen LogP contribution in [-0.4, -0.2) is 50.6 Å². The molecule has 20 heavy (non-hydrogen) atoms. The topological polar surface area (TPSA) is 94.6 Å². The van der Waals surface area contributed by atoms with Crippen molar-refractivity contribution in [1.29, 1.82) is 0 Å². The van der Waals surface area contributed by atoms with Crippen LogP contribution in [0.2, 0.25) is 0 Å². The number of rotatable bonds is 6. The number of sulfonamides is 1. The smallest absolute Gasteiger partial charge is 0.270 e. The van der Waals surface area contributed by atoms with Gasteiger partial charge >= 0.3 is 0 Å². The third-order valence-electron chi connectivity index (χ3n) is 3.37. The van der Waals surface area contributed by atoms with Gasteiger partial charge in [0.1, 0.15) is 10.6 Å². The Kier molecular flexibility index (Phi) is 4.17. The van der Waals surface area contributed by atoms with Crippen molar-refractivity contribution in [3.63, 3.8) is 0 Å². The fourth-order valence-electron chi connectivity index (χ4n) is 2.00. The number of aromatic nitrogens is 1. The van der Waals surface area contributed by atoms with E-state index < -0.39 is 10.0 Å². The van der Waals surface area contributed by atoms with Crippen LogP contribution in [0.4, 0.5) is 0 Å². The first-order chi connectivity index (χ1) is 9.34. The predicted octanol–water partition coefficient (Wildman–Crippen LogP) is 0.0163. The van der Waals surface area contributed by atoms with Crippen molar-refractivity contribution in [3.05, 3.63) is 18.0 Å². The summed E-state index contributed by atoms with van der Waals surface area (Å²) in [7, 11) is -0.556. The molecule has 0 spiro atoms. The lowest BCUT2D eigenvalue weighted by atomic mass is 10.3. The minimum absolute atomic E-state index is 0.0545. The van der Waals surface area contributed by atoms with Gasteiger partial charge in [-0.1, -0.05) is 0 Å². The molecule has 0 saturated heterocycles. The van der Waals surface area contributed by atoms with E-state index in [1.165, 1.54) is 12.3 Å². The van der Waals surface area contributed by atoms with Gasteiger partial charge in [-0.3, -0.25) is 4.79 Å². The summed E-state index contributed by atoms with van der Waals surface area (Å²) >= 11 is 0. The lowest BCUT2D eigenvalue weighted by molar-refractivity contribution is 0.0771. The van der Waals surface area contributed by atoms with Gasteiger partial charge in [0.25, 0.3) is 5.91 Å². The minimum Gasteiger partial charge on any atom is -0.383 e. The van der Waals surface area contributed by atoms with E-state index in [2.05, 4.69) is 0 Å². The second kappa shape index (κ2) is 5.55. The summed E-state index contributed by atoms with van der Waals surface area (Å²) in [5.74, 6) is -0.196. The summed E-state index contributed by atoms with van der Waals surface area (Å²) in [6.07, 6.45) is 3.36. The first-order valence-corrected chi connectivity index (χ1v) is 7.88.